The van der Waals surface area contributed by atoms with Crippen LogP contribution >= 0.6 is 11.6 Å². The van der Waals surface area contributed by atoms with Gasteiger partial charge < -0.3 is 9.47 Å². The normalized spacial score (nSPS) is 17.0. The van der Waals surface area contributed by atoms with Gasteiger partial charge in [-0.1, -0.05) is 41.9 Å². The quantitative estimate of drug-likeness (QED) is 0.846. The Labute approximate surface area is 137 Å². The molecule has 1 aliphatic heterocycles. The Balaban J connectivity index is 1.43. The van der Waals surface area contributed by atoms with E-state index in [0.29, 0.717) is 5.15 Å². The highest BCUT2D eigenvalue weighted by Gasteiger charge is 2.18. The lowest BCUT2D eigenvalue weighted by Gasteiger charge is -2.34. The number of imidazole rings is 1. The van der Waals surface area contributed by atoms with Crippen LogP contribution < -0.4 is 0 Å². The Morgan fingerprint density at radius 3 is 2.36 bits per heavy atom. The molecule has 0 N–H and O–H groups in total. The van der Waals surface area contributed by atoms with Crippen molar-refractivity contribution >= 4 is 11.6 Å². The van der Waals surface area contributed by atoms with Gasteiger partial charge in [-0.05, 0) is 12.0 Å². The highest BCUT2D eigenvalue weighted by atomic mass is 35.5. The Morgan fingerprint density at radius 2 is 1.73 bits per heavy atom. The number of hydrogen-bond donors (Lipinski definition) is 0. The highest BCUT2D eigenvalue weighted by Crippen LogP contribution is 2.13. The van der Waals surface area contributed by atoms with Crippen LogP contribution in [0.5, 0.6) is 0 Å². The van der Waals surface area contributed by atoms with E-state index in [0.717, 1.165) is 51.5 Å². The van der Waals surface area contributed by atoms with E-state index in [1.165, 1.54) is 5.56 Å². The van der Waals surface area contributed by atoms with Crippen molar-refractivity contribution in [2.24, 2.45) is 7.05 Å². The van der Waals surface area contributed by atoms with Gasteiger partial charge in [-0.2, -0.15) is 0 Å². The molecule has 2 heterocycles. The van der Waals surface area contributed by atoms with Crippen LogP contribution in [-0.4, -0.2) is 52.1 Å². The molecule has 2 aromatic rings. The SMILES string of the molecule is Cn1c(Cl)cnc1CN1CCN(CCc2ccccc2)CC1. The number of benzene rings is 1. The number of halogens is 1. The fourth-order valence-electron chi connectivity index (χ4n) is 2.87. The summed E-state index contributed by atoms with van der Waals surface area (Å²) in [5, 5.41) is 0.705. The van der Waals surface area contributed by atoms with E-state index in [1.54, 1.807) is 6.20 Å². The average molecular weight is 319 g/mol. The molecular formula is C17H23ClN4. The summed E-state index contributed by atoms with van der Waals surface area (Å²) >= 11 is 6.04. The van der Waals surface area contributed by atoms with E-state index in [1.807, 2.05) is 11.6 Å². The van der Waals surface area contributed by atoms with Crippen molar-refractivity contribution in [2.75, 3.05) is 32.7 Å². The molecule has 5 heteroatoms. The molecule has 1 fully saturated rings. The van der Waals surface area contributed by atoms with Crippen LogP contribution in [0.3, 0.4) is 0 Å². The standard InChI is InChI=1S/C17H23ClN4/c1-20-16(18)13-19-17(20)14-22-11-9-21(10-12-22)8-7-15-5-3-2-4-6-15/h2-6,13H,7-12,14H2,1H3. The number of hydrogen-bond acceptors (Lipinski definition) is 3. The molecule has 1 aromatic carbocycles. The fraction of sp³-hybridized carbons (Fsp3) is 0.471. The first-order valence-electron chi connectivity index (χ1n) is 7.87. The Hall–Kier alpha value is -1.36. The maximum absolute atomic E-state index is 6.04. The molecule has 1 saturated heterocycles. The van der Waals surface area contributed by atoms with Crippen LogP contribution in [0.15, 0.2) is 36.5 Å². The fourth-order valence-corrected chi connectivity index (χ4v) is 3.02. The molecular weight excluding hydrogens is 296 g/mol. The number of piperazine rings is 1. The predicted molar refractivity (Wildman–Crippen MR) is 90.1 cm³/mol. The van der Waals surface area contributed by atoms with Gasteiger partial charge in [0.15, 0.2) is 0 Å². The van der Waals surface area contributed by atoms with Crippen molar-refractivity contribution in [1.82, 2.24) is 19.4 Å². The monoisotopic (exact) mass is 318 g/mol. The maximum atomic E-state index is 6.04. The van der Waals surface area contributed by atoms with Gasteiger partial charge in [-0.3, -0.25) is 4.90 Å². The van der Waals surface area contributed by atoms with Gasteiger partial charge in [0.2, 0.25) is 0 Å². The topological polar surface area (TPSA) is 24.3 Å². The van der Waals surface area contributed by atoms with Crippen LogP contribution in [0, 0.1) is 0 Å². The summed E-state index contributed by atoms with van der Waals surface area (Å²) in [7, 11) is 1.97. The minimum atomic E-state index is 0.705. The number of aromatic nitrogens is 2. The second-order valence-corrected chi connectivity index (χ2v) is 6.30. The van der Waals surface area contributed by atoms with E-state index in [2.05, 4.69) is 45.1 Å². The van der Waals surface area contributed by atoms with Gasteiger partial charge in [-0.25, -0.2) is 4.98 Å². The van der Waals surface area contributed by atoms with Crippen LogP contribution in [0.1, 0.15) is 11.4 Å². The van der Waals surface area contributed by atoms with Crippen LogP contribution in [0.2, 0.25) is 5.15 Å². The van der Waals surface area contributed by atoms with Crippen LogP contribution in [0.4, 0.5) is 0 Å². The lowest BCUT2D eigenvalue weighted by molar-refractivity contribution is 0.125. The summed E-state index contributed by atoms with van der Waals surface area (Å²) in [6, 6.07) is 10.7. The van der Waals surface area contributed by atoms with E-state index >= 15 is 0 Å². The third-order valence-corrected chi connectivity index (χ3v) is 4.77. The third kappa shape index (κ3) is 3.88. The second-order valence-electron chi connectivity index (χ2n) is 5.91. The Kier molecular flexibility index (Phi) is 5.13. The molecule has 4 nitrogen and oxygen atoms in total. The van der Waals surface area contributed by atoms with Gasteiger partial charge in [0, 0.05) is 39.8 Å². The molecule has 1 aliphatic rings. The summed E-state index contributed by atoms with van der Waals surface area (Å²) in [4.78, 5) is 9.39. The van der Waals surface area contributed by atoms with Crippen molar-refractivity contribution in [1.29, 1.82) is 0 Å². The van der Waals surface area contributed by atoms with E-state index in [9.17, 15) is 0 Å². The Morgan fingerprint density at radius 1 is 1.05 bits per heavy atom. The summed E-state index contributed by atoms with van der Waals surface area (Å²) in [5.74, 6) is 1.04. The highest BCUT2D eigenvalue weighted by molar-refractivity contribution is 6.29. The summed E-state index contributed by atoms with van der Waals surface area (Å²) in [5.41, 5.74) is 1.42. The van der Waals surface area contributed by atoms with Crippen molar-refractivity contribution in [3.63, 3.8) is 0 Å². The first kappa shape index (κ1) is 15.5. The molecule has 22 heavy (non-hydrogen) atoms. The molecule has 3 rings (SSSR count). The average Bonchev–Trinajstić information content (AvgIpc) is 2.87. The number of rotatable bonds is 5. The predicted octanol–water partition coefficient (Wildman–Crippen LogP) is 2.43. The minimum absolute atomic E-state index is 0.705. The van der Waals surface area contributed by atoms with Crippen molar-refractivity contribution in [2.45, 2.75) is 13.0 Å². The molecule has 0 atom stereocenters. The van der Waals surface area contributed by atoms with E-state index in [-0.39, 0.29) is 0 Å². The largest absolute Gasteiger partial charge is 0.321 e. The van der Waals surface area contributed by atoms with E-state index < -0.39 is 0 Å². The van der Waals surface area contributed by atoms with Crippen molar-refractivity contribution < 1.29 is 0 Å². The first-order valence-corrected chi connectivity index (χ1v) is 8.25. The first-order chi connectivity index (χ1) is 10.7. The minimum Gasteiger partial charge on any atom is -0.321 e. The molecule has 0 spiro atoms. The smallest absolute Gasteiger partial charge is 0.128 e. The van der Waals surface area contributed by atoms with Gasteiger partial charge in [0.25, 0.3) is 0 Å². The zero-order chi connectivity index (χ0) is 15.4. The third-order valence-electron chi connectivity index (χ3n) is 4.42. The lowest BCUT2D eigenvalue weighted by atomic mass is 10.1. The van der Waals surface area contributed by atoms with E-state index in [4.69, 9.17) is 11.6 Å². The van der Waals surface area contributed by atoms with Crippen molar-refractivity contribution in [3.8, 4) is 0 Å². The van der Waals surface area contributed by atoms with Crippen LogP contribution in [0.25, 0.3) is 0 Å². The summed E-state index contributed by atoms with van der Waals surface area (Å²) in [6.07, 6.45) is 2.86. The van der Waals surface area contributed by atoms with Gasteiger partial charge >= 0.3 is 0 Å². The van der Waals surface area contributed by atoms with Crippen LogP contribution in [-0.2, 0) is 20.0 Å². The molecule has 118 valence electrons. The maximum Gasteiger partial charge on any atom is 0.128 e. The molecule has 0 amide bonds. The molecule has 1 aromatic heterocycles. The molecule has 0 unspecified atom stereocenters. The summed E-state index contributed by atoms with van der Waals surface area (Å²) < 4.78 is 1.96. The molecule has 0 bridgehead atoms. The zero-order valence-corrected chi connectivity index (χ0v) is 13.8. The second kappa shape index (κ2) is 7.27. The Bertz CT molecular complexity index is 588. The molecule has 0 radical (unpaired) electrons. The molecule has 0 aliphatic carbocycles. The zero-order valence-electron chi connectivity index (χ0n) is 13.1. The molecule has 0 saturated carbocycles. The lowest BCUT2D eigenvalue weighted by Crippen LogP contribution is -2.46. The van der Waals surface area contributed by atoms with Gasteiger partial charge in [0.1, 0.15) is 11.0 Å². The number of nitrogens with zero attached hydrogens (tertiary/aromatic N) is 4. The summed E-state index contributed by atoms with van der Waals surface area (Å²) in [6.45, 7) is 6.48. The van der Waals surface area contributed by atoms with Crippen molar-refractivity contribution in [3.05, 3.63) is 53.1 Å². The van der Waals surface area contributed by atoms with Gasteiger partial charge in [0.05, 0.1) is 12.7 Å². The van der Waals surface area contributed by atoms with Gasteiger partial charge in [-0.15, -0.1) is 0 Å².